The van der Waals surface area contributed by atoms with E-state index < -0.39 is 10.0 Å². The largest absolute Gasteiger partial charge is 0.360 e. The van der Waals surface area contributed by atoms with E-state index in [2.05, 4.69) is 5.16 Å². The van der Waals surface area contributed by atoms with E-state index in [-0.39, 0.29) is 35.4 Å². The van der Waals surface area contributed by atoms with Crippen molar-refractivity contribution in [3.63, 3.8) is 0 Å². The van der Waals surface area contributed by atoms with Gasteiger partial charge in [-0.25, -0.2) is 8.42 Å². The Labute approximate surface area is 184 Å². The third-order valence-electron chi connectivity index (χ3n) is 4.69. The van der Waals surface area contributed by atoms with Gasteiger partial charge in [-0.2, -0.15) is 4.31 Å². The first-order valence-corrected chi connectivity index (χ1v) is 12.3. The predicted octanol–water partition coefficient (Wildman–Crippen LogP) is 3.36. The monoisotopic (exact) mass is 477 g/mol. The second-order valence-corrected chi connectivity index (χ2v) is 10.3. The van der Waals surface area contributed by atoms with E-state index in [1.807, 2.05) is 0 Å². The first-order valence-electron chi connectivity index (χ1n) is 8.93. The normalized spacial score (nSPS) is 15.7. The Hall–Kier alpha value is -1.26. The van der Waals surface area contributed by atoms with Crippen LogP contribution in [0.15, 0.2) is 27.6 Å². The molecule has 1 aliphatic rings. The maximum Gasteiger partial charge on any atom is 0.248 e. The van der Waals surface area contributed by atoms with Gasteiger partial charge in [0.1, 0.15) is 10.6 Å². The summed E-state index contributed by atoms with van der Waals surface area (Å²) >= 11 is 13.7. The maximum absolute atomic E-state index is 12.9. The molecule has 7 nitrogen and oxygen atoms in total. The van der Waals surface area contributed by atoms with Gasteiger partial charge in [0.05, 0.1) is 5.75 Å². The van der Waals surface area contributed by atoms with Crippen molar-refractivity contribution in [2.24, 2.45) is 0 Å². The molecule has 2 heterocycles. The summed E-state index contributed by atoms with van der Waals surface area (Å²) in [5.41, 5.74) is 1.15. The molecular weight excluding hydrogens is 457 g/mol. The summed E-state index contributed by atoms with van der Waals surface area (Å²) in [4.78, 5) is 14.3. The molecule has 1 saturated heterocycles. The number of hydrogen-bond donors (Lipinski definition) is 0. The molecule has 0 saturated carbocycles. The van der Waals surface area contributed by atoms with E-state index in [9.17, 15) is 13.2 Å². The fourth-order valence-electron chi connectivity index (χ4n) is 3.15. The molecule has 1 fully saturated rings. The Morgan fingerprint density at radius 3 is 2.34 bits per heavy atom. The highest BCUT2D eigenvalue weighted by molar-refractivity contribution is 7.99. The minimum absolute atomic E-state index is 0.0347. The first-order chi connectivity index (χ1) is 13.7. The first kappa shape index (κ1) is 22.4. The van der Waals surface area contributed by atoms with E-state index >= 15 is 0 Å². The number of sulfonamides is 1. The third-order valence-corrected chi connectivity index (χ3v) is 8.49. The lowest BCUT2D eigenvalue weighted by Crippen LogP contribution is -2.51. The fourth-order valence-corrected chi connectivity index (χ4v) is 6.53. The van der Waals surface area contributed by atoms with Crippen molar-refractivity contribution in [3.05, 3.63) is 45.3 Å². The smallest absolute Gasteiger partial charge is 0.248 e. The fraction of sp³-hybridized carbons (Fsp3) is 0.444. The van der Waals surface area contributed by atoms with E-state index in [0.717, 1.165) is 5.56 Å². The molecule has 29 heavy (non-hydrogen) atoms. The zero-order chi connectivity index (χ0) is 21.2. The Balaban J connectivity index is 1.53. The predicted molar refractivity (Wildman–Crippen MR) is 114 cm³/mol. The van der Waals surface area contributed by atoms with Crippen molar-refractivity contribution in [1.29, 1.82) is 0 Å². The number of aromatic nitrogens is 1. The number of benzene rings is 1. The van der Waals surface area contributed by atoms with Crippen LogP contribution >= 0.6 is 35.0 Å². The highest BCUT2D eigenvalue weighted by Gasteiger charge is 2.34. The number of halogens is 2. The number of nitrogens with zero attached hydrogens (tertiary/aromatic N) is 3. The van der Waals surface area contributed by atoms with Crippen LogP contribution in [-0.2, 0) is 20.6 Å². The Bertz CT molecular complexity index is 963. The molecule has 1 amide bonds. The average Bonchev–Trinajstić information content (AvgIpc) is 3.03. The summed E-state index contributed by atoms with van der Waals surface area (Å²) in [7, 11) is -3.69. The molecule has 1 aromatic carbocycles. The van der Waals surface area contributed by atoms with Gasteiger partial charge in [-0.3, -0.25) is 4.79 Å². The van der Waals surface area contributed by atoms with Crippen LogP contribution in [0, 0.1) is 13.8 Å². The topological polar surface area (TPSA) is 83.7 Å². The third kappa shape index (κ3) is 4.91. The number of piperazine rings is 1. The van der Waals surface area contributed by atoms with Gasteiger partial charge in [-0.1, -0.05) is 34.4 Å². The van der Waals surface area contributed by atoms with Crippen molar-refractivity contribution in [3.8, 4) is 0 Å². The van der Waals surface area contributed by atoms with Crippen molar-refractivity contribution in [1.82, 2.24) is 14.4 Å². The van der Waals surface area contributed by atoms with E-state index in [1.165, 1.54) is 16.1 Å². The summed E-state index contributed by atoms with van der Waals surface area (Å²) in [6.07, 6.45) is 0. The lowest BCUT2D eigenvalue weighted by Gasteiger charge is -2.33. The number of carbonyl (C=O) groups excluding carboxylic acids is 1. The lowest BCUT2D eigenvalue weighted by molar-refractivity contribution is -0.129. The molecule has 0 radical (unpaired) electrons. The Morgan fingerprint density at radius 1 is 1.17 bits per heavy atom. The van der Waals surface area contributed by atoms with Crippen LogP contribution in [0.1, 0.15) is 17.0 Å². The van der Waals surface area contributed by atoms with Crippen LogP contribution < -0.4 is 0 Å². The van der Waals surface area contributed by atoms with Gasteiger partial charge in [0.25, 0.3) is 0 Å². The SMILES string of the molecule is Cc1noc(C)c1S(=O)(=O)N1CCN(C(=O)CSCc2c(Cl)cccc2Cl)CC1. The minimum Gasteiger partial charge on any atom is -0.360 e. The second-order valence-electron chi connectivity index (χ2n) is 6.63. The summed E-state index contributed by atoms with van der Waals surface area (Å²) in [5.74, 6) is 1.05. The highest BCUT2D eigenvalue weighted by atomic mass is 35.5. The van der Waals surface area contributed by atoms with Gasteiger partial charge in [-0.05, 0) is 31.5 Å². The lowest BCUT2D eigenvalue weighted by atomic mass is 10.2. The standard InChI is InChI=1S/C18H21Cl2N3O4S2/c1-12-18(13(2)27-21-12)29(25,26)23-8-6-22(7-9-23)17(24)11-28-10-14-15(19)4-3-5-16(14)20/h3-5H,6-11H2,1-2H3. The number of rotatable bonds is 6. The molecule has 0 unspecified atom stereocenters. The van der Waals surface area contributed by atoms with Crippen molar-refractivity contribution < 1.29 is 17.7 Å². The quantitative estimate of drug-likeness (QED) is 0.633. The zero-order valence-corrected chi connectivity index (χ0v) is 19.2. The molecule has 1 aliphatic heterocycles. The molecule has 0 aliphatic carbocycles. The van der Waals surface area contributed by atoms with Crippen LogP contribution in [-0.4, -0.2) is 60.6 Å². The van der Waals surface area contributed by atoms with Crippen molar-refractivity contribution in [2.75, 3.05) is 31.9 Å². The van der Waals surface area contributed by atoms with Crippen LogP contribution in [0.2, 0.25) is 10.0 Å². The van der Waals surface area contributed by atoms with Crippen LogP contribution in [0.3, 0.4) is 0 Å². The summed E-state index contributed by atoms with van der Waals surface area (Å²) in [6.45, 7) is 4.34. The zero-order valence-electron chi connectivity index (χ0n) is 16.0. The van der Waals surface area contributed by atoms with Crippen LogP contribution in [0.4, 0.5) is 0 Å². The van der Waals surface area contributed by atoms with E-state index in [1.54, 1.807) is 36.9 Å². The number of hydrogen-bond acceptors (Lipinski definition) is 6. The minimum atomic E-state index is -3.69. The number of aryl methyl sites for hydroxylation is 2. The van der Waals surface area contributed by atoms with Crippen LogP contribution in [0.5, 0.6) is 0 Å². The van der Waals surface area contributed by atoms with Gasteiger partial charge in [0.15, 0.2) is 5.76 Å². The van der Waals surface area contributed by atoms with Gasteiger partial charge in [-0.15, -0.1) is 11.8 Å². The second kappa shape index (κ2) is 9.26. The van der Waals surface area contributed by atoms with Gasteiger partial charge >= 0.3 is 0 Å². The van der Waals surface area contributed by atoms with Crippen molar-refractivity contribution in [2.45, 2.75) is 24.5 Å². The number of amides is 1. The molecule has 158 valence electrons. The molecule has 0 atom stereocenters. The summed E-state index contributed by atoms with van der Waals surface area (Å²) in [6, 6.07) is 5.31. The van der Waals surface area contributed by atoms with Gasteiger partial charge < -0.3 is 9.42 Å². The van der Waals surface area contributed by atoms with Crippen molar-refractivity contribution >= 4 is 50.9 Å². The Morgan fingerprint density at radius 2 is 1.79 bits per heavy atom. The van der Waals surface area contributed by atoms with Gasteiger partial charge in [0, 0.05) is 42.0 Å². The molecule has 1 aromatic heterocycles. The van der Waals surface area contributed by atoms with E-state index in [0.29, 0.717) is 34.6 Å². The van der Waals surface area contributed by atoms with E-state index in [4.69, 9.17) is 27.7 Å². The average molecular weight is 478 g/mol. The summed E-state index contributed by atoms with van der Waals surface area (Å²) in [5, 5.41) is 4.88. The molecule has 0 N–H and O–H groups in total. The molecule has 0 bridgehead atoms. The van der Waals surface area contributed by atoms with Gasteiger partial charge in [0.2, 0.25) is 15.9 Å². The number of carbonyl (C=O) groups is 1. The maximum atomic E-state index is 12.9. The molecule has 11 heteroatoms. The molecule has 0 spiro atoms. The Kier molecular flexibility index (Phi) is 7.16. The molecule has 3 rings (SSSR count). The molecule has 2 aromatic rings. The van der Waals surface area contributed by atoms with Crippen LogP contribution in [0.25, 0.3) is 0 Å². The highest BCUT2D eigenvalue weighted by Crippen LogP contribution is 2.28. The molecular formula is C18H21Cl2N3O4S2. The number of thioether (sulfide) groups is 1. The summed E-state index contributed by atoms with van der Waals surface area (Å²) < 4.78 is 32.1.